The first-order valence-electron chi connectivity index (χ1n) is 9.05. The summed E-state index contributed by atoms with van der Waals surface area (Å²) in [6, 6.07) is 9.65. The number of hydrogen-bond donors (Lipinski definition) is 1. The molecule has 2 aliphatic rings. The Balaban J connectivity index is 2.12. The molecule has 2 atom stereocenters. The number of methoxy groups -OCH3 is 1. The highest BCUT2D eigenvalue weighted by molar-refractivity contribution is 8.03. The largest absolute Gasteiger partial charge is 0.497 e. The Labute approximate surface area is 168 Å². The number of carbonyl (C=O) groups excluding carboxylic acids is 2. The van der Waals surface area contributed by atoms with E-state index in [9.17, 15) is 14.9 Å². The Morgan fingerprint density at radius 3 is 2.57 bits per heavy atom. The van der Waals surface area contributed by atoms with Gasteiger partial charge in [-0.2, -0.15) is 5.26 Å². The zero-order valence-electron chi connectivity index (χ0n) is 16.2. The van der Waals surface area contributed by atoms with E-state index in [0.717, 1.165) is 23.0 Å². The molecule has 2 N–H and O–H groups in total. The highest BCUT2D eigenvalue weighted by Gasteiger charge is 2.46. The maximum atomic E-state index is 13.1. The maximum Gasteiger partial charge on any atom is 0.227 e. The SMILES string of the molecule is COc1ccc([C@@H]2C(C#N)=C(SCC(N)=O)N=C3CC(C)(C)CC(=O)C32)cc1. The van der Waals surface area contributed by atoms with Crippen molar-refractivity contribution in [2.45, 2.75) is 32.6 Å². The molecule has 0 bridgehead atoms. The highest BCUT2D eigenvalue weighted by atomic mass is 32.2. The molecule has 0 aromatic heterocycles. The third-order valence-electron chi connectivity index (χ3n) is 5.08. The van der Waals surface area contributed by atoms with Crippen LogP contribution in [0.5, 0.6) is 5.75 Å². The Bertz CT molecular complexity index is 910. The fourth-order valence-electron chi connectivity index (χ4n) is 3.95. The number of nitriles is 1. The monoisotopic (exact) mass is 397 g/mol. The van der Waals surface area contributed by atoms with Gasteiger partial charge in [-0.3, -0.25) is 9.59 Å². The van der Waals surface area contributed by atoms with Crippen LogP contribution in [0.4, 0.5) is 0 Å². The van der Waals surface area contributed by atoms with E-state index in [1.165, 1.54) is 0 Å². The number of Topliss-reactive ketones (excluding diaryl/α,β-unsaturated/α-hetero) is 1. The molecule has 0 radical (unpaired) electrons. The molecule has 28 heavy (non-hydrogen) atoms. The topological polar surface area (TPSA) is 106 Å². The quantitative estimate of drug-likeness (QED) is 0.821. The van der Waals surface area contributed by atoms with Crippen LogP contribution in [0.25, 0.3) is 0 Å². The lowest BCUT2D eigenvalue weighted by Crippen LogP contribution is -2.42. The van der Waals surface area contributed by atoms with Gasteiger partial charge in [-0.15, -0.1) is 0 Å². The first-order chi connectivity index (χ1) is 13.3. The summed E-state index contributed by atoms with van der Waals surface area (Å²) in [5, 5.41) is 10.4. The van der Waals surface area contributed by atoms with Gasteiger partial charge in [0.05, 0.1) is 30.4 Å². The van der Waals surface area contributed by atoms with Gasteiger partial charge in [0.2, 0.25) is 5.91 Å². The van der Waals surface area contributed by atoms with E-state index in [1.807, 2.05) is 38.1 Å². The van der Waals surface area contributed by atoms with Crippen molar-refractivity contribution in [3.63, 3.8) is 0 Å². The number of hydrogen-bond acceptors (Lipinski definition) is 6. The molecule has 1 aliphatic heterocycles. The van der Waals surface area contributed by atoms with Crippen LogP contribution in [0, 0.1) is 22.7 Å². The van der Waals surface area contributed by atoms with Gasteiger partial charge < -0.3 is 10.5 Å². The number of nitrogens with two attached hydrogens (primary N) is 1. The molecule has 0 spiro atoms. The molecule has 1 aromatic rings. The van der Waals surface area contributed by atoms with Crippen molar-refractivity contribution in [1.82, 2.24) is 0 Å². The molecule has 1 saturated carbocycles. The number of nitrogens with zero attached hydrogens (tertiary/aromatic N) is 2. The number of aliphatic imine (C=N–C) groups is 1. The number of benzene rings is 1. The smallest absolute Gasteiger partial charge is 0.227 e. The Morgan fingerprint density at radius 1 is 1.32 bits per heavy atom. The standard InChI is InChI=1S/C21H23N3O3S/c1-21(2)8-15-19(16(25)9-21)18(12-4-6-13(27-3)7-5-12)14(10-22)20(24-15)28-11-17(23)26/h4-7,18-19H,8-9,11H2,1-3H3,(H2,23,26)/t18-,19?/m1/s1. The number of allylic oxidation sites excluding steroid dienone is 1. The predicted molar refractivity (Wildman–Crippen MR) is 109 cm³/mol. The van der Waals surface area contributed by atoms with Crippen molar-refractivity contribution in [2.75, 3.05) is 12.9 Å². The molecule has 1 fully saturated rings. The first kappa shape index (κ1) is 20.2. The van der Waals surface area contributed by atoms with Gasteiger partial charge in [0.25, 0.3) is 0 Å². The number of thioether (sulfide) groups is 1. The van der Waals surface area contributed by atoms with Gasteiger partial charge in [0.1, 0.15) is 16.6 Å². The van der Waals surface area contributed by atoms with Gasteiger partial charge in [-0.1, -0.05) is 37.7 Å². The minimum absolute atomic E-state index is 0.0363. The van der Waals surface area contributed by atoms with Crippen molar-refractivity contribution in [3.8, 4) is 11.8 Å². The lowest BCUT2D eigenvalue weighted by atomic mass is 9.64. The zero-order valence-corrected chi connectivity index (χ0v) is 17.0. The van der Waals surface area contributed by atoms with Gasteiger partial charge in [-0.25, -0.2) is 4.99 Å². The summed E-state index contributed by atoms with van der Waals surface area (Å²) in [6.45, 7) is 4.09. The molecule has 146 valence electrons. The van der Waals surface area contributed by atoms with Crippen LogP contribution in [0.1, 0.15) is 38.2 Å². The fourth-order valence-corrected chi connectivity index (χ4v) is 4.73. The second-order valence-corrected chi connectivity index (χ2v) is 8.87. The van der Waals surface area contributed by atoms with E-state index in [4.69, 9.17) is 10.5 Å². The zero-order chi connectivity index (χ0) is 20.5. The van der Waals surface area contributed by atoms with Crippen LogP contribution >= 0.6 is 11.8 Å². The average molecular weight is 398 g/mol. The molecule has 1 aliphatic carbocycles. The Hall–Kier alpha value is -2.59. The molecule has 1 amide bonds. The van der Waals surface area contributed by atoms with Gasteiger partial charge in [0.15, 0.2) is 0 Å². The summed E-state index contributed by atoms with van der Waals surface area (Å²) in [5.74, 6) is -0.498. The Morgan fingerprint density at radius 2 is 2.00 bits per heavy atom. The summed E-state index contributed by atoms with van der Waals surface area (Å²) in [5.41, 5.74) is 7.17. The molecule has 1 aromatic carbocycles. The van der Waals surface area contributed by atoms with Crippen molar-refractivity contribution in [1.29, 1.82) is 5.26 Å². The van der Waals surface area contributed by atoms with Crippen LogP contribution in [0.2, 0.25) is 0 Å². The van der Waals surface area contributed by atoms with Crippen LogP contribution in [0.15, 0.2) is 39.9 Å². The minimum Gasteiger partial charge on any atom is -0.497 e. The van der Waals surface area contributed by atoms with Crippen molar-refractivity contribution in [2.24, 2.45) is 22.1 Å². The first-order valence-corrected chi connectivity index (χ1v) is 10.0. The van der Waals surface area contributed by atoms with Crippen molar-refractivity contribution in [3.05, 3.63) is 40.4 Å². The number of carbonyl (C=O) groups is 2. The lowest BCUT2D eigenvalue weighted by molar-refractivity contribution is -0.124. The maximum absolute atomic E-state index is 13.1. The number of rotatable bonds is 5. The molecule has 7 heteroatoms. The molecule has 3 rings (SSSR count). The fraction of sp³-hybridized carbons (Fsp3) is 0.429. The highest BCUT2D eigenvalue weighted by Crippen LogP contribution is 2.48. The van der Waals surface area contributed by atoms with Gasteiger partial charge >= 0.3 is 0 Å². The number of ketones is 1. The molecule has 0 saturated heterocycles. The van der Waals surface area contributed by atoms with Crippen molar-refractivity contribution < 1.29 is 14.3 Å². The van der Waals surface area contributed by atoms with Crippen LogP contribution < -0.4 is 10.5 Å². The normalized spacial score (nSPS) is 23.5. The third kappa shape index (κ3) is 3.97. The van der Waals surface area contributed by atoms with E-state index in [2.05, 4.69) is 11.1 Å². The van der Waals surface area contributed by atoms with E-state index >= 15 is 0 Å². The van der Waals surface area contributed by atoms with Crippen LogP contribution in [-0.2, 0) is 9.59 Å². The third-order valence-corrected chi connectivity index (χ3v) is 6.10. The van der Waals surface area contributed by atoms with E-state index in [0.29, 0.717) is 29.2 Å². The van der Waals surface area contributed by atoms with Crippen LogP contribution in [0.3, 0.4) is 0 Å². The average Bonchev–Trinajstić information content (AvgIpc) is 2.64. The lowest BCUT2D eigenvalue weighted by Gasteiger charge is -2.40. The molecule has 1 heterocycles. The number of primary amides is 1. The van der Waals surface area contributed by atoms with Crippen LogP contribution in [-0.4, -0.2) is 30.3 Å². The molecule has 1 unspecified atom stereocenters. The van der Waals surface area contributed by atoms with E-state index in [-0.39, 0.29) is 17.0 Å². The second-order valence-electron chi connectivity index (χ2n) is 7.90. The van der Waals surface area contributed by atoms with E-state index < -0.39 is 17.7 Å². The van der Waals surface area contributed by atoms with E-state index in [1.54, 1.807) is 7.11 Å². The summed E-state index contributed by atoms with van der Waals surface area (Å²) < 4.78 is 5.23. The molecular weight excluding hydrogens is 374 g/mol. The summed E-state index contributed by atoms with van der Waals surface area (Å²) >= 11 is 1.16. The second kappa shape index (κ2) is 7.80. The Kier molecular flexibility index (Phi) is 5.61. The summed E-state index contributed by atoms with van der Waals surface area (Å²) in [7, 11) is 1.59. The molecule has 6 nitrogen and oxygen atoms in total. The number of fused-ring (bicyclic) bond motifs is 1. The predicted octanol–water partition coefficient (Wildman–Crippen LogP) is 3.19. The van der Waals surface area contributed by atoms with Gasteiger partial charge in [-0.05, 0) is 29.5 Å². The number of amides is 1. The number of ether oxygens (including phenoxy) is 1. The van der Waals surface area contributed by atoms with Gasteiger partial charge in [0, 0.05) is 18.1 Å². The van der Waals surface area contributed by atoms with Crippen molar-refractivity contribution >= 4 is 29.2 Å². The minimum atomic E-state index is -0.474. The summed E-state index contributed by atoms with van der Waals surface area (Å²) in [6.07, 6.45) is 1.13. The summed E-state index contributed by atoms with van der Waals surface area (Å²) in [4.78, 5) is 29.0. The molecular formula is C21H23N3O3S.